The van der Waals surface area contributed by atoms with E-state index in [1.54, 1.807) is 7.05 Å². The lowest BCUT2D eigenvalue weighted by atomic mass is 9.94. The number of alkyl halides is 3. The van der Waals surface area contributed by atoms with E-state index in [4.69, 9.17) is 5.73 Å². The number of rotatable bonds is 2. The van der Waals surface area contributed by atoms with Gasteiger partial charge in [0, 0.05) is 19.3 Å². The van der Waals surface area contributed by atoms with E-state index in [9.17, 15) is 13.2 Å². The van der Waals surface area contributed by atoms with Crippen LogP contribution in [0.3, 0.4) is 0 Å². The molecular formula is C13H18F3N3. The van der Waals surface area contributed by atoms with Gasteiger partial charge in [-0.05, 0) is 18.9 Å². The lowest BCUT2D eigenvalue weighted by Crippen LogP contribution is -2.34. The Morgan fingerprint density at radius 1 is 1.26 bits per heavy atom. The van der Waals surface area contributed by atoms with Gasteiger partial charge in [0.1, 0.15) is 5.82 Å². The van der Waals surface area contributed by atoms with Crippen LogP contribution in [0.2, 0.25) is 0 Å². The number of pyridine rings is 1. The number of halogens is 3. The lowest BCUT2D eigenvalue weighted by Gasteiger charge is -2.33. The Morgan fingerprint density at radius 2 is 1.89 bits per heavy atom. The molecular weight excluding hydrogens is 255 g/mol. The van der Waals surface area contributed by atoms with Gasteiger partial charge >= 0.3 is 6.18 Å². The summed E-state index contributed by atoms with van der Waals surface area (Å²) in [5.74, 6) is 0.154. The third-order valence-corrected chi connectivity index (χ3v) is 3.73. The van der Waals surface area contributed by atoms with Crippen molar-refractivity contribution in [3.05, 3.63) is 17.8 Å². The first-order valence-corrected chi connectivity index (χ1v) is 6.45. The first-order chi connectivity index (χ1) is 8.89. The summed E-state index contributed by atoms with van der Waals surface area (Å²) >= 11 is 0. The molecule has 1 aromatic rings. The molecule has 0 spiro atoms. The summed E-state index contributed by atoms with van der Waals surface area (Å²) in [4.78, 5) is 5.52. The molecule has 106 valence electrons. The van der Waals surface area contributed by atoms with Gasteiger partial charge in [-0.15, -0.1) is 0 Å². The summed E-state index contributed by atoms with van der Waals surface area (Å²) in [7, 11) is 1.80. The Labute approximate surface area is 110 Å². The Kier molecular flexibility index (Phi) is 3.87. The van der Waals surface area contributed by atoms with Crippen molar-refractivity contribution in [2.45, 2.75) is 44.3 Å². The van der Waals surface area contributed by atoms with E-state index >= 15 is 0 Å². The van der Waals surface area contributed by atoms with Gasteiger partial charge in [-0.1, -0.05) is 19.3 Å². The maximum atomic E-state index is 12.7. The fourth-order valence-corrected chi connectivity index (χ4v) is 2.57. The molecule has 0 aliphatic heterocycles. The van der Waals surface area contributed by atoms with Crippen LogP contribution in [0, 0.1) is 0 Å². The monoisotopic (exact) mass is 273 g/mol. The Morgan fingerprint density at radius 3 is 2.47 bits per heavy atom. The van der Waals surface area contributed by atoms with Crippen molar-refractivity contribution >= 4 is 11.5 Å². The largest absolute Gasteiger partial charge is 0.417 e. The Bertz CT molecular complexity index is 439. The molecule has 1 aromatic heterocycles. The minimum absolute atomic E-state index is 0.154. The standard InChI is InChI=1S/C13H18F3N3/c1-19(10-5-3-2-4-6-10)11-7-9(13(14,15)16)8-18-12(11)17/h7-8,10H,2-6H2,1H3,(H2,17,18). The van der Waals surface area contributed by atoms with Crippen molar-refractivity contribution in [3.63, 3.8) is 0 Å². The summed E-state index contributed by atoms with van der Waals surface area (Å²) in [5, 5.41) is 0. The number of aromatic nitrogens is 1. The zero-order valence-electron chi connectivity index (χ0n) is 10.9. The Hall–Kier alpha value is -1.46. The van der Waals surface area contributed by atoms with Crippen LogP contribution < -0.4 is 10.6 Å². The molecule has 0 aromatic carbocycles. The van der Waals surface area contributed by atoms with E-state index < -0.39 is 11.7 Å². The van der Waals surface area contributed by atoms with Crippen molar-refractivity contribution in [2.24, 2.45) is 0 Å². The van der Waals surface area contributed by atoms with Gasteiger partial charge in [-0.2, -0.15) is 13.2 Å². The molecule has 1 fully saturated rings. The molecule has 0 radical (unpaired) electrons. The molecule has 0 saturated heterocycles. The summed E-state index contributed by atoms with van der Waals surface area (Å²) in [5.41, 5.74) is 5.35. The quantitative estimate of drug-likeness (QED) is 0.897. The van der Waals surface area contributed by atoms with Crippen molar-refractivity contribution in [3.8, 4) is 0 Å². The number of hydrogen-bond acceptors (Lipinski definition) is 3. The molecule has 1 saturated carbocycles. The normalized spacial score (nSPS) is 17.5. The summed E-state index contributed by atoms with van der Waals surface area (Å²) < 4.78 is 38.1. The van der Waals surface area contributed by atoms with E-state index in [-0.39, 0.29) is 11.9 Å². The van der Waals surface area contributed by atoms with Crippen molar-refractivity contribution < 1.29 is 13.2 Å². The van der Waals surface area contributed by atoms with Gasteiger partial charge < -0.3 is 10.6 Å². The fourth-order valence-electron chi connectivity index (χ4n) is 2.57. The van der Waals surface area contributed by atoms with Crippen LogP contribution in [0.4, 0.5) is 24.7 Å². The predicted molar refractivity (Wildman–Crippen MR) is 68.9 cm³/mol. The van der Waals surface area contributed by atoms with Crippen LogP contribution in [0.5, 0.6) is 0 Å². The molecule has 1 aliphatic rings. The summed E-state index contributed by atoms with van der Waals surface area (Å²) in [6.45, 7) is 0. The smallest absolute Gasteiger partial charge is 0.382 e. The van der Waals surface area contributed by atoms with E-state index in [2.05, 4.69) is 4.98 Å². The molecule has 19 heavy (non-hydrogen) atoms. The summed E-state index contributed by atoms with van der Waals surface area (Å²) in [6.07, 6.45) is 1.80. The van der Waals surface area contributed by atoms with Crippen LogP contribution in [0.1, 0.15) is 37.7 Å². The topological polar surface area (TPSA) is 42.2 Å². The third-order valence-electron chi connectivity index (χ3n) is 3.73. The lowest BCUT2D eigenvalue weighted by molar-refractivity contribution is -0.137. The number of hydrogen-bond donors (Lipinski definition) is 1. The average Bonchev–Trinajstić information content (AvgIpc) is 2.38. The highest BCUT2D eigenvalue weighted by atomic mass is 19.4. The van der Waals surface area contributed by atoms with Crippen LogP contribution in [0.25, 0.3) is 0 Å². The highest BCUT2D eigenvalue weighted by molar-refractivity contribution is 5.64. The van der Waals surface area contributed by atoms with Crippen molar-refractivity contribution in [1.82, 2.24) is 4.98 Å². The third kappa shape index (κ3) is 3.11. The molecule has 3 nitrogen and oxygen atoms in total. The van der Waals surface area contributed by atoms with Crippen molar-refractivity contribution in [2.75, 3.05) is 17.7 Å². The average molecular weight is 273 g/mol. The molecule has 2 rings (SSSR count). The maximum absolute atomic E-state index is 12.7. The predicted octanol–water partition coefficient (Wildman–Crippen LogP) is 3.45. The second kappa shape index (κ2) is 5.27. The zero-order chi connectivity index (χ0) is 14.0. The number of nitrogens with zero attached hydrogens (tertiary/aromatic N) is 2. The summed E-state index contributed by atoms with van der Waals surface area (Å²) in [6, 6.07) is 1.35. The number of nitrogens with two attached hydrogens (primary N) is 1. The molecule has 0 unspecified atom stereocenters. The molecule has 1 aliphatic carbocycles. The molecule has 0 atom stereocenters. The van der Waals surface area contributed by atoms with Gasteiger partial charge in [0.2, 0.25) is 0 Å². The zero-order valence-corrected chi connectivity index (χ0v) is 10.9. The second-order valence-electron chi connectivity index (χ2n) is 5.03. The first kappa shape index (κ1) is 14.0. The number of nitrogen functional groups attached to an aromatic ring is 1. The molecule has 6 heteroatoms. The van der Waals surface area contributed by atoms with Gasteiger partial charge in [-0.3, -0.25) is 0 Å². The fraction of sp³-hybridized carbons (Fsp3) is 0.615. The van der Waals surface area contributed by atoms with E-state index in [0.29, 0.717) is 5.69 Å². The van der Waals surface area contributed by atoms with Crippen LogP contribution in [-0.4, -0.2) is 18.1 Å². The van der Waals surface area contributed by atoms with Gasteiger partial charge in [0.05, 0.1) is 11.3 Å². The SMILES string of the molecule is CN(c1cc(C(F)(F)F)cnc1N)C1CCCCC1. The van der Waals surface area contributed by atoms with Gasteiger partial charge in [0.15, 0.2) is 0 Å². The van der Waals surface area contributed by atoms with Crippen molar-refractivity contribution in [1.29, 1.82) is 0 Å². The van der Waals surface area contributed by atoms with Crippen LogP contribution >= 0.6 is 0 Å². The highest BCUT2D eigenvalue weighted by Crippen LogP contribution is 2.35. The molecule has 0 amide bonds. The minimum Gasteiger partial charge on any atom is -0.382 e. The molecule has 1 heterocycles. The molecule has 0 bridgehead atoms. The minimum atomic E-state index is -4.39. The van der Waals surface area contributed by atoms with Crippen LogP contribution in [-0.2, 0) is 6.18 Å². The van der Waals surface area contributed by atoms with Crippen LogP contribution in [0.15, 0.2) is 12.3 Å². The molecule has 2 N–H and O–H groups in total. The Balaban J connectivity index is 2.27. The van der Waals surface area contributed by atoms with Gasteiger partial charge in [-0.25, -0.2) is 4.98 Å². The maximum Gasteiger partial charge on any atom is 0.417 e. The second-order valence-corrected chi connectivity index (χ2v) is 5.03. The van der Waals surface area contributed by atoms with Gasteiger partial charge in [0.25, 0.3) is 0 Å². The van der Waals surface area contributed by atoms with E-state index in [1.807, 2.05) is 4.90 Å². The van der Waals surface area contributed by atoms with E-state index in [1.165, 1.54) is 6.42 Å². The first-order valence-electron chi connectivity index (χ1n) is 6.45. The highest BCUT2D eigenvalue weighted by Gasteiger charge is 2.32. The van der Waals surface area contributed by atoms with E-state index in [0.717, 1.165) is 37.9 Å². The number of anilines is 2.